The molecule has 134 valence electrons. The summed E-state index contributed by atoms with van der Waals surface area (Å²) in [5, 5.41) is 11.8. The number of aromatic nitrogens is 3. The topological polar surface area (TPSA) is 89.2 Å². The number of carbonyl (C=O) groups is 1. The second-order valence-electron chi connectivity index (χ2n) is 6.25. The Kier molecular flexibility index (Phi) is 5.67. The Hall–Kier alpha value is -1.97. The monoisotopic (exact) mass is 407 g/mol. The second kappa shape index (κ2) is 7.94. The first-order chi connectivity index (χ1) is 12.0. The van der Waals surface area contributed by atoms with Crippen LogP contribution in [0.2, 0.25) is 0 Å². The standard InChI is InChI=1S/C16H22BrN7O/c1-11-9-13(18-16(25)20-15-19-14(17)21-22-15)4-3-12(11)10-24-7-5-23(2)6-8-24/h3-4,9H,5-8,10H2,1-2H3,(H3,18,19,20,21,22,25). The van der Waals surface area contributed by atoms with E-state index in [0.717, 1.165) is 44.0 Å². The van der Waals surface area contributed by atoms with E-state index in [9.17, 15) is 4.79 Å². The molecule has 1 aliphatic rings. The summed E-state index contributed by atoms with van der Waals surface area (Å²) < 4.78 is 0.465. The highest BCUT2D eigenvalue weighted by Crippen LogP contribution is 2.18. The molecule has 9 heteroatoms. The molecule has 0 saturated carbocycles. The van der Waals surface area contributed by atoms with Crippen LogP contribution in [0.5, 0.6) is 0 Å². The van der Waals surface area contributed by atoms with E-state index in [2.05, 4.69) is 71.6 Å². The zero-order valence-corrected chi connectivity index (χ0v) is 15.9. The van der Waals surface area contributed by atoms with Gasteiger partial charge in [0.05, 0.1) is 0 Å². The van der Waals surface area contributed by atoms with Crippen molar-refractivity contribution in [1.82, 2.24) is 25.0 Å². The van der Waals surface area contributed by atoms with Gasteiger partial charge >= 0.3 is 6.03 Å². The first-order valence-corrected chi connectivity index (χ1v) is 8.95. The van der Waals surface area contributed by atoms with E-state index >= 15 is 0 Å². The zero-order valence-electron chi connectivity index (χ0n) is 14.3. The van der Waals surface area contributed by atoms with Gasteiger partial charge in [-0.3, -0.25) is 15.3 Å². The van der Waals surface area contributed by atoms with Gasteiger partial charge in [-0.2, -0.15) is 4.98 Å². The second-order valence-corrected chi connectivity index (χ2v) is 7.00. The number of nitrogens with one attached hydrogen (secondary N) is 3. The average molecular weight is 408 g/mol. The van der Waals surface area contributed by atoms with Gasteiger partial charge in [-0.1, -0.05) is 6.07 Å². The van der Waals surface area contributed by atoms with Crippen molar-refractivity contribution in [3.8, 4) is 0 Å². The van der Waals surface area contributed by atoms with Crippen molar-refractivity contribution in [3.05, 3.63) is 34.1 Å². The molecule has 1 fully saturated rings. The predicted octanol–water partition coefficient (Wildman–Crippen LogP) is 2.27. The molecule has 2 heterocycles. The molecule has 0 aliphatic carbocycles. The number of benzene rings is 1. The van der Waals surface area contributed by atoms with E-state index in [1.165, 1.54) is 5.56 Å². The lowest BCUT2D eigenvalue weighted by Crippen LogP contribution is -2.43. The maximum absolute atomic E-state index is 12.0. The Bertz CT molecular complexity index is 740. The lowest BCUT2D eigenvalue weighted by molar-refractivity contribution is 0.148. The van der Waals surface area contributed by atoms with Crippen molar-refractivity contribution in [2.75, 3.05) is 43.9 Å². The van der Waals surface area contributed by atoms with Crippen LogP contribution < -0.4 is 10.6 Å². The number of urea groups is 1. The molecule has 1 saturated heterocycles. The van der Waals surface area contributed by atoms with Gasteiger partial charge in [0.25, 0.3) is 5.95 Å². The van der Waals surface area contributed by atoms with Gasteiger partial charge in [0, 0.05) is 38.4 Å². The van der Waals surface area contributed by atoms with Crippen LogP contribution in [0, 0.1) is 6.92 Å². The summed E-state index contributed by atoms with van der Waals surface area (Å²) >= 11 is 3.14. The van der Waals surface area contributed by atoms with E-state index in [4.69, 9.17) is 0 Å². The SMILES string of the molecule is Cc1cc(NC(=O)Nc2n[nH]c(Br)n2)ccc1CN1CCN(C)CC1. The largest absolute Gasteiger partial charge is 0.326 e. The highest BCUT2D eigenvalue weighted by molar-refractivity contribution is 9.10. The Morgan fingerprint density at radius 3 is 2.68 bits per heavy atom. The quantitative estimate of drug-likeness (QED) is 0.723. The van der Waals surface area contributed by atoms with E-state index in [-0.39, 0.29) is 12.0 Å². The van der Waals surface area contributed by atoms with Crippen LogP contribution >= 0.6 is 15.9 Å². The van der Waals surface area contributed by atoms with Crippen LogP contribution in [0.15, 0.2) is 22.9 Å². The van der Waals surface area contributed by atoms with Gasteiger partial charge in [-0.25, -0.2) is 4.79 Å². The van der Waals surface area contributed by atoms with Gasteiger partial charge < -0.3 is 10.2 Å². The first kappa shape index (κ1) is 17.8. The van der Waals surface area contributed by atoms with E-state index in [0.29, 0.717) is 4.73 Å². The van der Waals surface area contributed by atoms with Crippen molar-refractivity contribution in [1.29, 1.82) is 0 Å². The molecule has 3 rings (SSSR count). The molecule has 0 atom stereocenters. The summed E-state index contributed by atoms with van der Waals surface area (Å²) in [5.41, 5.74) is 3.19. The molecular weight excluding hydrogens is 386 g/mol. The predicted molar refractivity (Wildman–Crippen MR) is 101 cm³/mol. The molecule has 1 aliphatic heterocycles. The number of rotatable bonds is 4. The minimum absolute atomic E-state index is 0.216. The third-order valence-electron chi connectivity index (χ3n) is 4.27. The number of H-pyrrole nitrogens is 1. The van der Waals surface area contributed by atoms with Crippen LogP contribution in [-0.2, 0) is 6.54 Å². The summed E-state index contributed by atoms with van der Waals surface area (Å²) in [6, 6.07) is 5.61. The molecule has 1 aromatic heterocycles. The van der Waals surface area contributed by atoms with Crippen molar-refractivity contribution in [2.45, 2.75) is 13.5 Å². The number of carbonyl (C=O) groups excluding carboxylic acids is 1. The van der Waals surface area contributed by atoms with E-state index in [1.807, 2.05) is 12.1 Å². The summed E-state index contributed by atoms with van der Waals surface area (Å²) in [5.74, 6) is 0.216. The lowest BCUT2D eigenvalue weighted by atomic mass is 10.1. The summed E-state index contributed by atoms with van der Waals surface area (Å²) in [6.45, 7) is 7.40. The number of anilines is 2. The maximum Gasteiger partial charge on any atom is 0.326 e. The fraction of sp³-hybridized carbons (Fsp3) is 0.438. The molecule has 25 heavy (non-hydrogen) atoms. The third kappa shape index (κ3) is 5.00. The number of amides is 2. The highest BCUT2D eigenvalue weighted by atomic mass is 79.9. The summed E-state index contributed by atoms with van der Waals surface area (Å²) in [7, 11) is 2.16. The molecule has 3 N–H and O–H groups in total. The molecule has 2 amide bonds. The number of hydrogen-bond acceptors (Lipinski definition) is 5. The first-order valence-electron chi connectivity index (χ1n) is 8.16. The van der Waals surface area contributed by atoms with Crippen LogP contribution in [0.25, 0.3) is 0 Å². The molecule has 0 bridgehead atoms. The van der Waals surface area contributed by atoms with Crippen LogP contribution in [0.3, 0.4) is 0 Å². The van der Waals surface area contributed by atoms with Gasteiger partial charge in [0.15, 0.2) is 4.73 Å². The van der Waals surface area contributed by atoms with Crippen LogP contribution in [-0.4, -0.2) is 64.2 Å². The zero-order chi connectivity index (χ0) is 17.8. The Morgan fingerprint density at radius 2 is 2.04 bits per heavy atom. The van der Waals surface area contributed by atoms with Crippen molar-refractivity contribution >= 4 is 33.6 Å². The third-order valence-corrected chi connectivity index (χ3v) is 4.63. The summed E-state index contributed by atoms with van der Waals surface area (Å²) in [6.07, 6.45) is 0. The number of aromatic amines is 1. The number of nitrogens with zero attached hydrogens (tertiary/aromatic N) is 4. The summed E-state index contributed by atoms with van der Waals surface area (Å²) in [4.78, 5) is 20.8. The van der Waals surface area contributed by atoms with Crippen LogP contribution in [0.4, 0.5) is 16.4 Å². The van der Waals surface area contributed by atoms with Crippen LogP contribution in [0.1, 0.15) is 11.1 Å². The molecule has 8 nitrogen and oxygen atoms in total. The molecule has 2 aromatic rings. The molecule has 0 spiro atoms. The van der Waals surface area contributed by atoms with Crippen molar-refractivity contribution in [3.63, 3.8) is 0 Å². The Labute approximate surface area is 155 Å². The molecule has 1 aromatic carbocycles. The maximum atomic E-state index is 12.0. The molecular formula is C16H22BrN7O. The average Bonchev–Trinajstić information content (AvgIpc) is 2.97. The fourth-order valence-electron chi connectivity index (χ4n) is 2.76. The van der Waals surface area contributed by atoms with E-state index in [1.54, 1.807) is 0 Å². The number of aryl methyl sites for hydroxylation is 1. The number of halogens is 1. The number of piperazine rings is 1. The fourth-order valence-corrected chi connectivity index (χ4v) is 3.02. The molecule has 0 radical (unpaired) electrons. The van der Waals surface area contributed by atoms with Crippen molar-refractivity contribution in [2.24, 2.45) is 0 Å². The lowest BCUT2D eigenvalue weighted by Gasteiger charge is -2.32. The Balaban J connectivity index is 1.56. The van der Waals surface area contributed by atoms with Gasteiger partial charge in [0.1, 0.15) is 0 Å². The van der Waals surface area contributed by atoms with Gasteiger partial charge in [-0.05, 0) is 53.2 Å². The number of likely N-dealkylation sites (N-methyl/N-ethyl adjacent to an activating group) is 1. The minimum Gasteiger partial charge on any atom is -0.308 e. The van der Waals surface area contributed by atoms with Crippen molar-refractivity contribution < 1.29 is 4.79 Å². The highest BCUT2D eigenvalue weighted by Gasteiger charge is 2.15. The minimum atomic E-state index is -0.377. The van der Waals surface area contributed by atoms with E-state index < -0.39 is 0 Å². The van der Waals surface area contributed by atoms with Gasteiger partial charge in [-0.15, -0.1) is 5.10 Å². The normalized spacial score (nSPS) is 16.0. The Morgan fingerprint density at radius 1 is 1.28 bits per heavy atom. The molecule has 0 unspecified atom stereocenters. The van der Waals surface area contributed by atoms with Gasteiger partial charge in [0.2, 0.25) is 0 Å². The smallest absolute Gasteiger partial charge is 0.308 e. The number of hydrogen-bond donors (Lipinski definition) is 3.